The number of carbonyl (C=O) groups is 1. The number of alkyl carbamates (subject to hydrolysis) is 1. The summed E-state index contributed by atoms with van der Waals surface area (Å²) in [6.45, 7) is 5.03. The van der Waals surface area contributed by atoms with E-state index in [4.69, 9.17) is 9.26 Å². The molecule has 1 aliphatic carbocycles. The van der Waals surface area contributed by atoms with E-state index in [0.717, 1.165) is 36.5 Å². The first-order valence-electron chi connectivity index (χ1n) is 10.3. The van der Waals surface area contributed by atoms with Crippen LogP contribution in [-0.4, -0.2) is 37.3 Å². The molecule has 0 spiro atoms. The Labute approximate surface area is 177 Å². The van der Waals surface area contributed by atoms with E-state index in [1.165, 1.54) is 19.2 Å². The van der Waals surface area contributed by atoms with Crippen molar-refractivity contribution >= 4 is 17.7 Å². The average Bonchev–Trinajstić information content (AvgIpc) is 3.50. The first-order chi connectivity index (χ1) is 14.2. The second-order valence-corrected chi connectivity index (χ2v) is 7.93. The number of rotatable bonds is 6. The molecule has 158 valence electrons. The van der Waals surface area contributed by atoms with Crippen LogP contribution in [0.2, 0.25) is 0 Å². The number of piperidine rings is 1. The Hall–Kier alpha value is -2.05. The third-order valence-corrected chi connectivity index (χ3v) is 6.03. The van der Waals surface area contributed by atoms with Crippen LogP contribution < -0.4 is 10.6 Å². The standard InChI is InChI=1S/C21H27N3O3.CH3Cl/c1-15-9-10-22-13-21(15,19-11-18(27-24-19)17-7-8-17)14-23-20(25)26-12-16-5-3-2-4-6-16;1-2/h2-6,11,15,17,22H,7-10,12-14H2,1H3,(H,23,25);1H3/p+1. The predicted octanol–water partition coefficient (Wildman–Crippen LogP) is 3.17. The predicted molar refractivity (Wildman–Crippen MR) is 112 cm³/mol. The van der Waals surface area contributed by atoms with Crippen molar-refractivity contribution in [2.24, 2.45) is 5.92 Å². The van der Waals surface area contributed by atoms with Gasteiger partial charge < -0.3 is 19.9 Å². The van der Waals surface area contributed by atoms with Crippen molar-refractivity contribution in [2.45, 2.75) is 44.1 Å². The highest BCUT2D eigenvalue weighted by Crippen LogP contribution is 2.42. The number of hydrogen-bond acceptors (Lipinski definition) is 4. The van der Waals surface area contributed by atoms with Gasteiger partial charge in [-0.3, -0.25) is 0 Å². The van der Waals surface area contributed by atoms with Crippen LogP contribution in [0.15, 0.2) is 40.9 Å². The monoisotopic (exact) mass is 420 g/mol. The van der Waals surface area contributed by atoms with Crippen molar-refractivity contribution in [1.29, 1.82) is 0 Å². The number of benzene rings is 1. The van der Waals surface area contributed by atoms with Gasteiger partial charge in [0.25, 0.3) is 0 Å². The summed E-state index contributed by atoms with van der Waals surface area (Å²) in [5, 5.41) is 9.70. The summed E-state index contributed by atoms with van der Waals surface area (Å²) in [6.07, 6.45) is 4.55. The number of aromatic nitrogens is 1. The molecule has 4 rings (SSSR count). The van der Waals surface area contributed by atoms with Gasteiger partial charge in [0.05, 0.1) is 24.2 Å². The van der Waals surface area contributed by atoms with Crippen LogP contribution in [0.5, 0.6) is 0 Å². The number of quaternary nitrogens is 1. The highest BCUT2D eigenvalue weighted by molar-refractivity contribution is 6.15. The lowest BCUT2D eigenvalue weighted by Gasteiger charge is -2.39. The number of nitrogens with two attached hydrogens (primary N) is 1. The van der Waals surface area contributed by atoms with Gasteiger partial charge in [0.15, 0.2) is 0 Å². The van der Waals surface area contributed by atoms with Crippen LogP contribution in [0.3, 0.4) is 0 Å². The lowest BCUT2D eigenvalue weighted by atomic mass is 9.70. The number of alkyl halides is 1. The maximum absolute atomic E-state index is 12.3. The van der Waals surface area contributed by atoms with E-state index in [2.05, 4.69) is 40.4 Å². The summed E-state index contributed by atoms with van der Waals surface area (Å²) in [5.41, 5.74) is 1.73. The lowest BCUT2D eigenvalue weighted by molar-refractivity contribution is -0.674. The number of hydrogen-bond donors (Lipinski definition) is 2. The van der Waals surface area contributed by atoms with Gasteiger partial charge in [-0.2, -0.15) is 0 Å². The Morgan fingerprint density at radius 2 is 2.07 bits per heavy atom. The second-order valence-electron chi connectivity index (χ2n) is 7.93. The summed E-state index contributed by atoms with van der Waals surface area (Å²) in [4.78, 5) is 12.3. The zero-order valence-electron chi connectivity index (χ0n) is 17.2. The van der Waals surface area contributed by atoms with Crippen molar-refractivity contribution in [3.05, 3.63) is 53.4 Å². The van der Waals surface area contributed by atoms with Crippen LogP contribution in [0.25, 0.3) is 0 Å². The molecule has 2 aromatic rings. The molecule has 0 bridgehead atoms. The highest BCUT2D eigenvalue weighted by atomic mass is 35.5. The molecule has 2 aliphatic rings. The minimum absolute atomic E-state index is 0.222. The SMILES string of the molecule is CC1CC[NH2+]CC1(CNC(=O)OCc1ccccc1)c1cc(C2CC2)on1.CCl. The fourth-order valence-corrected chi connectivity index (χ4v) is 3.99. The molecule has 2 atom stereocenters. The molecular weight excluding hydrogens is 390 g/mol. The number of halogens is 1. The molecule has 2 heterocycles. The van der Waals surface area contributed by atoms with Crippen LogP contribution >= 0.6 is 11.6 Å². The summed E-state index contributed by atoms with van der Waals surface area (Å²) in [6, 6.07) is 11.8. The van der Waals surface area contributed by atoms with E-state index in [9.17, 15) is 4.79 Å². The lowest BCUT2D eigenvalue weighted by Crippen LogP contribution is -2.91. The van der Waals surface area contributed by atoms with E-state index in [1.807, 2.05) is 30.3 Å². The van der Waals surface area contributed by atoms with Crippen molar-refractivity contribution in [3.63, 3.8) is 0 Å². The van der Waals surface area contributed by atoms with E-state index >= 15 is 0 Å². The molecule has 1 aliphatic heterocycles. The van der Waals surface area contributed by atoms with Crippen molar-refractivity contribution in [1.82, 2.24) is 10.5 Å². The topological polar surface area (TPSA) is 81.0 Å². The maximum atomic E-state index is 12.3. The molecule has 7 heteroatoms. The molecule has 0 radical (unpaired) electrons. The van der Waals surface area contributed by atoms with Gasteiger partial charge >= 0.3 is 6.09 Å². The quantitative estimate of drug-likeness (QED) is 0.703. The smallest absolute Gasteiger partial charge is 0.407 e. The van der Waals surface area contributed by atoms with Gasteiger partial charge in [-0.05, 0) is 24.3 Å². The summed E-state index contributed by atoms with van der Waals surface area (Å²) < 4.78 is 11.0. The zero-order chi connectivity index (χ0) is 20.7. The van der Waals surface area contributed by atoms with Crippen molar-refractivity contribution < 1.29 is 19.4 Å². The highest BCUT2D eigenvalue weighted by Gasteiger charge is 2.46. The molecule has 2 unspecified atom stereocenters. The minimum atomic E-state index is -0.387. The van der Waals surface area contributed by atoms with Gasteiger partial charge in [-0.15, -0.1) is 11.6 Å². The maximum Gasteiger partial charge on any atom is 0.407 e. The Balaban J connectivity index is 0.00000117. The van der Waals surface area contributed by atoms with Crippen LogP contribution in [0.1, 0.15) is 49.1 Å². The number of nitrogens with one attached hydrogen (secondary N) is 1. The van der Waals surface area contributed by atoms with Crippen molar-refractivity contribution in [2.75, 3.05) is 26.0 Å². The van der Waals surface area contributed by atoms with Crippen LogP contribution in [0.4, 0.5) is 4.79 Å². The molecule has 1 saturated carbocycles. The molecular formula is C22H31ClN3O3+. The third kappa shape index (κ3) is 5.31. The average molecular weight is 421 g/mol. The molecule has 1 amide bonds. The summed E-state index contributed by atoms with van der Waals surface area (Å²) in [7, 11) is 0. The molecule has 1 saturated heterocycles. The molecule has 6 nitrogen and oxygen atoms in total. The third-order valence-electron chi connectivity index (χ3n) is 6.03. The molecule has 3 N–H and O–H groups in total. The Kier molecular flexibility index (Phi) is 7.56. The largest absolute Gasteiger partial charge is 0.445 e. The zero-order valence-corrected chi connectivity index (χ0v) is 18.0. The van der Waals surface area contributed by atoms with Gasteiger partial charge in [-0.25, -0.2) is 4.79 Å². The van der Waals surface area contributed by atoms with E-state index < -0.39 is 0 Å². The molecule has 29 heavy (non-hydrogen) atoms. The van der Waals surface area contributed by atoms with Crippen LogP contribution in [-0.2, 0) is 16.8 Å². The number of nitrogens with zero attached hydrogens (tertiary/aromatic N) is 1. The van der Waals surface area contributed by atoms with Gasteiger partial charge in [0, 0.05) is 31.3 Å². The fraction of sp³-hybridized carbons (Fsp3) is 0.545. The van der Waals surface area contributed by atoms with E-state index in [1.54, 1.807) is 0 Å². The fourth-order valence-electron chi connectivity index (χ4n) is 3.99. The Bertz CT molecular complexity index is 779. The second kappa shape index (κ2) is 10.1. The normalized spacial score (nSPS) is 23.6. The number of carbonyl (C=O) groups excluding carboxylic acids is 1. The molecule has 1 aromatic heterocycles. The first kappa shape index (κ1) is 21.7. The molecule has 1 aromatic carbocycles. The number of amides is 1. The minimum Gasteiger partial charge on any atom is -0.445 e. The summed E-state index contributed by atoms with van der Waals surface area (Å²) in [5.74, 6) is 1.94. The van der Waals surface area contributed by atoms with Gasteiger partial charge in [0.1, 0.15) is 12.4 Å². The Morgan fingerprint density at radius 1 is 1.31 bits per heavy atom. The first-order valence-corrected chi connectivity index (χ1v) is 11.0. The van der Waals surface area contributed by atoms with Gasteiger partial charge in [0.2, 0.25) is 0 Å². The molecule has 2 fully saturated rings. The van der Waals surface area contributed by atoms with Crippen LogP contribution in [0, 0.1) is 5.92 Å². The van der Waals surface area contributed by atoms with E-state index in [0.29, 0.717) is 18.4 Å². The number of ether oxygens (including phenoxy) is 1. The van der Waals surface area contributed by atoms with Gasteiger partial charge in [-0.1, -0.05) is 42.4 Å². The van der Waals surface area contributed by atoms with Crippen molar-refractivity contribution in [3.8, 4) is 0 Å². The summed E-state index contributed by atoms with van der Waals surface area (Å²) >= 11 is 4.64. The van der Waals surface area contributed by atoms with E-state index in [-0.39, 0.29) is 18.1 Å². The Morgan fingerprint density at radius 3 is 2.76 bits per heavy atom.